The van der Waals surface area contributed by atoms with Crippen LogP contribution in [0.15, 0.2) is 35.5 Å². The van der Waals surface area contributed by atoms with Crippen molar-refractivity contribution in [3.8, 4) is 0 Å². The number of aryl methyl sites for hydroxylation is 2. The van der Waals surface area contributed by atoms with Gasteiger partial charge >= 0.3 is 0 Å². The fraction of sp³-hybridized carbons (Fsp3) is 0.444. The molecule has 1 saturated heterocycles. The summed E-state index contributed by atoms with van der Waals surface area (Å²) in [6, 6.07) is 4.46. The van der Waals surface area contributed by atoms with Gasteiger partial charge in [0.1, 0.15) is 11.9 Å². The normalized spacial score (nSPS) is 17.2. The number of nitrogens with zero attached hydrogens (tertiary/aromatic N) is 3. The number of carbonyl (C=O) groups is 1. The minimum Gasteiger partial charge on any atom is -0.336 e. The number of aromatic nitrogens is 2. The lowest BCUT2D eigenvalue weighted by Crippen LogP contribution is -2.49. The van der Waals surface area contributed by atoms with E-state index in [0.717, 1.165) is 11.4 Å². The first-order valence-electron chi connectivity index (χ1n) is 8.94. The van der Waals surface area contributed by atoms with E-state index in [-0.39, 0.29) is 29.3 Å². The van der Waals surface area contributed by atoms with Crippen LogP contribution in [0.3, 0.4) is 0 Å². The molecule has 1 aromatic heterocycles. The van der Waals surface area contributed by atoms with Crippen molar-refractivity contribution in [3.63, 3.8) is 0 Å². The van der Waals surface area contributed by atoms with E-state index in [9.17, 15) is 13.2 Å². The Morgan fingerprint density at radius 3 is 2.79 bits per heavy atom. The van der Waals surface area contributed by atoms with Crippen molar-refractivity contribution in [3.05, 3.63) is 47.5 Å². The average Bonchev–Trinajstić information content (AvgIpc) is 3.07. The highest BCUT2D eigenvalue weighted by atomic mass is 35.5. The summed E-state index contributed by atoms with van der Waals surface area (Å²) in [6.07, 6.45) is 3.56. The lowest BCUT2D eigenvalue weighted by molar-refractivity contribution is 0.0620. The van der Waals surface area contributed by atoms with Gasteiger partial charge in [0.25, 0.3) is 5.91 Å². The fourth-order valence-corrected chi connectivity index (χ4v) is 4.37. The molecule has 154 valence electrons. The molecule has 1 unspecified atom stereocenters. The van der Waals surface area contributed by atoms with E-state index in [1.807, 2.05) is 24.7 Å². The Kier molecular flexibility index (Phi) is 7.22. The summed E-state index contributed by atoms with van der Waals surface area (Å²) < 4.78 is 29.0. The maximum absolute atomic E-state index is 13.3. The zero-order valence-corrected chi connectivity index (χ0v) is 17.8. The number of nitrogens with one attached hydrogen (secondary N) is 2. The zero-order valence-electron chi connectivity index (χ0n) is 16.2. The summed E-state index contributed by atoms with van der Waals surface area (Å²) in [4.78, 5) is 19.6. The number of rotatable bonds is 5. The van der Waals surface area contributed by atoms with Crippen molar-refractivity contribution in [1.82, 2.24) is 24.5 Å². The monoisotopic (exact) mass is 427 g/mol. The summed E-state index contributed by atoms with van der Waals surface area (Å²) in [5, 5.41) is 3.30. The second-order valence-electron chi connectivity index (χ2n) is 6.59. The Morgan fingerprint density at radius 2 is 2.14 bits per heavy atom. The first-order valence-corrected chi connectivity index (χ1v) is 10.4. The molecule has 1 atom stereocenters. The van der Waals surface area contributed by atoms with Crippen LogP contribution in [0.2, 0.25) is 0 Å². The maximum Gasteiger partial charge on any atom is 0.254 e. The molecule has 1 aliphatic heterocycles. The number of carbonyl (C=O) groups excluding carboxylic acids is 1. The second kappa shape index (κ2) is 9.04. The molecule has 1 amide bonds. The van der Waals surface area contributed by atoms with E-state index in [2.05, 4.69) is 15.0 Å². The van der Waals surface area contributed by atoms with Crippen LogP contribution in [0.1, 0.15) is 34.7 Å². The molecule has 0 saturated carbocycles. The molecule has 0 spiro atoms. The first kappa shape index (κ1) is 22.4. The molecule has 0 bridgehead atoms. The summed E-state index contributed by atoms with van der Waals surface area (Å²) in [5.41, 5.74) is 1.14. The first-order chi connectivity index (χ1) is 12.8. The van der Waals surface area contributed by atoms with Crippen molar-refractivity contribution in [2.24, 2.45) is 7.05 Å². The fourth-order valence-electron chi connectivity index (χ4n) is 3.30. The van der Waals surface area contributed by atoms with Gasteiger partial charge in [0.15, 0.2) is 0 Å². The third-order valence-electron chi connectivity index (χ3n) is 4.74. The summed E-state index contributed by atoms with van der Waals surface area (Å²) in [5.74, 6) is 0.611. The largest absolute Gasteiger partial charge is 0.336 e. The van der Waals surface area contributed by atoms with Crippen LogP contribution >= 0.6 is 12.4 Å². The molecule has 8 nitrogen and oxygen atoms in total. The molecule has 2 N–H and O–H groups in total. The van der Waals surface area contributed by atoms with Crippen LogP contribution in [-0.2, 0) is 17.1 Å². The molecule has 10 heteroatoms. The number of halogens is 1. The highest BCUT2D eigenvalue weighted by Gasteiger charge is 2.32. The number of sulfonamides is 1. The molecule has 0 aliphatic carbocycles. The van der Waals surface area contributed by atoms with E-state index < -0.39 is 10.0 Å². The van der Waals surface area contributed by atoms with Crippen LogP contribution < -0.4 is 10.0 Å². The predicted octanol–water partition coefficient (Wildman–Crippen LogP) is 1.24. The molecule has 1 aliphatic rings. The summed E-state index contributed by atoms with van der Waals surface area (Å²) in [7, 11) is -1.73. The number of hydrogen-bond donors (Lipinski definition) is 2. The standard InChI is InChI=1S/C18H25N5O3S.ClH/c1-4-21-27(25,26)14-6-5-13(2)15(11-14)18(24)23-10-7-19-12-16(23)17-20-8-9-22(17)3;/h5-6,8-9,11,16,19,21H,4,7,10,12H2,1-3H3;1H. The second-order valence-corrected chi connectivity index (χ2v) is 8.36. The van der Waals surface area contributed by atoms with Gasteiger partial charge in [-0.2, -0.15) is 0 Å². The number of piperazine rings is 1. The topological polar surface area (TPSA) is 96.3 Å². The molecule has 2 aromatic rings. The van der Waals surface area contributed by atoms with Gasteiger partial charge in [-0.1, -0.05) is 13.0 Å². The van der Waals surface area contributed by atoms with Gasteiger partial charge in [-0.15, -0.1) is 12.4 Å². The Hall–Kier alpha value is -1.94. The van der Waals surface area contributed by atoms with Crippen LogP contribution in [-0.4, -0.2) is 55.0 Å². The van der Waals surface area contributed by atoms with Gasteiger partial charge in [0.05, 0.1) is 4.90 Å². The zero-order chi connectivity index (χ0) is 19.6. The Morgan fingerprint density at radius 1 is 1.39 bits per heavy atom. The van der Waals surface area contributed by atoms with E-state index in [1.54, 1.807) is 24.1 Å². The third-order valence-corrected chi connectivity index (χ3v) is 6.29. The van der Waals surface area contributed by atoms with Crippen LogP contribution in [0.4, 0.5) is 0 Å². The predicted molar refractivity (Wildman–Crippen MR) is 109 cm³/mol. The molecular formula is C18H26ClN5O3S. The Balaban J connectivity index is 0.00000280. The smallest absolute Gasteiger partial charge is 0.254 e. The number of benzene rings is 1. The Bertz CT molecular complexity index is 944. The lowest BCUT2D eigenvalue weighted by Gasteiger charge is -2.36. The summed E-state index contributed by atoms with van der Waals surface area (Å²) >= 11 is 0. The van der Waals surface area contributed by atoms with Gasteiger partial charge in [-0.05, 0) is 24.6 Å². The van der Waals surface area contributed by atoms with Crippen molar-refractivity contribution in [2.45, 2.75) is 24.8 Å². The van der Waals surface area contributed by atoms with Crippen molar-refractivity contribution in [2.75, 3.05) is 26.2 Å². The maximum atomic E-state index is 13.3. The van der Waals surface area contributed by atoms with Crippen LogP contribution in [0.25, 0.3) is 0 Å². The number of amides is 1. The highest BCUT2D eigenvalue weighted by Crippen LogP contribution is 2.25. The van der Waals surface area contributed by atoms with Crippen molar-refractivity contribution < 1.29 is 13.2 Å². The number of imidazole rings is 1. The van der Waals surface area contributed by atoms with Crippen molar-refractivity contribution in [1.29, 1.82) is 0 Å². The third kappa shape index (κ3) is 4.38. The minimum atomic E-state index is -3.63. The SMILES string of the molecule is CCNS(=O)(=O)c1ccc(C)c(C(=O)N2CCNCC2c2nccn2C)c1.Cl. The van der Waals surface area contributed by atoms with E-state index in [4.69, 9.17) is 0 Å². The van der Waals surface area contributed by atoms with Crippen LogP contribution in [0, 0.1) is 6.92 Å². The molecule has 28 heavy (non-hydrogen) atoms. The molecule has 3 rings (SSSR count). The Labute approximate surface area is 171 Å². The van der Waals surface area contributed by atoms with E-state index in [1.165, 1.54) is 12.1 Å². The van der Waals surface area contributed by atoms with Gasteiger partial charge in [-0.25, -0.2) is 18.1 Å². The minimum absolute atomic E-state index is 0. The lowest BCUT2D eigenvalue weighted by atomic mass is 10.1. The van der Waals surface area contributed by atoms with E-state index in [0.29, 0.717) is 31.7 Å². The van der Waals surface area contributed by atoms with Gasteiger partial charge in [0.2, 0.25) is 10.0 Å². The average molecular weight is 428 g/mol. The molecular weight excluding hydrogens is 402 g/mol. The van der Waals surface area contributed by atoms with Gasteiger partial charge in [-0.3, -0.25) is 4.79 Å². The van der Waals surface area contributed by atoms with Gasteiger partial charge in [0, 0.05) is 51.2 Å². The van der Waals surface area contributed by atoms with Crippen molar-refractivity contribution >= 4 is 28.3 Å². The molecule has 2 heterocycles. The molecule has 1 fully saturated rings. The molecule has 1 aromatic carbocycles. The van der Waals surface area contributed by atoms with E-state index >= 15 is 0 Å². The summed E-state index contributed by atoms with van der Waals surface area (Å²) in [6.45, 7) is 5.63. The van der Waals surface area contributed by atoms with Crippen LogP contribution in [0.5, 0.6) is 0 Å². The van der Waals surface area contributed by atoms with Gasteiger partial charge < -0.3 is 14.8 Å². The number of hydrogen-bond acceptors (Lipinski definition) is 5. The quantitative estimate of drug-likeness (QED) is 0.748. The highest BCUT2D eigenvalue weighted by molar-refractivity contribution is 7.89. The molecule has 0 radical (unpaired) electrons.